The summed E-state index contributed by atoms with van der Waals surface area (Å²) in [5, 5.41) is 3.95. The van der Waals surface area contributed by atoms with E-state index in [1.165, 1.54) is 70.8 Å². The van der Waals surface area contributed by atoms with Gasteiger partial charge in [-0.15, -0.1) is 0 Å². The number of allylic oxidation sites excluding steroid dienone is 2. The van der Waals surface area contributed by atoms with Crippen LogP contribution in [0.2, 0.25) is 0 Å². The van der Waals surface area contributed by atoms with Crippen LogP contribution in [-0.2, 0) is 4.74 Å². The Bertz CT molecular complexity index is 816. The summed E-state index contributed by atoms with van der Waals surface area (Å²) in [5.41, 5.74) is 4.22. The predicted octanol–water partition coefficient (Wildman–Crippen LogP) is 7.78. The monoisotopic (exact) mass is 455 g/mol. The van der Waals surface area contributed by atoms with Crippen molar-refractivity contribution >= 4 is 0 Å². The molecule has 2 nitrogen and oxygen atoms in total. The maximum absolute atomic E-state index is 5.74. The van der Waals surface area contributed by atoms with Crippen LogP contribution < -0.4 is 5.32 Å². The maximum Gasteiger partial charge on any atom is 0.0516 e. The van der Waals surface area contributed by atoms with E-state index in [1.807, 2.05) is 12.7 Å². The van der Waals surface area contributed by atoms with Crippen molar-refractivity contribution in [3.63, 3.8) is 0 Å². The summed E-state index contributed by atoms with van der Waals surface area (Å²) in [6.07, 6.45) is 16.6. The molecule has 8 atom stereocenters. The summed E-state index contributed by atoms with van der Waals surface area (Å²) >= 11 is 0. The predicted molar refractivity (Wildman–Crippen MR) is 139 cm³/mol. The van der Waals surface area contributed by atoms with Gasteiger partial charge < -0.3 is 10.1 Å². The number of hydrogen-bond donors (Lipinski definition) is 1. The van der Waals surface area contributed by atoms with Gasteiger partial charge in [-0.25, -0.2) is 0 Å². The third kappa shape index (κ3) is 3.32. The third-order valence-electron chi connectivity index (χ3n) is 13.0. The van der Waals surface area contributed by atoms with E-state index in [9.17, 15) is 0 Å². The van der Waals surface area contributed by atoms with Crippen LogP contribution in [0.4, 0.5) is 0 Å². The largest absolute Gasteiger partial charge is 0.384 e. The van der Waals surface area contributed by atoms with Gasteiger partial charge in [0.25, 0.3) is 0 Å². The van der Waals surface area contributed by atoms with Crippen molar-refractivity contribution in [3.8, 4) is 0 Å². The Morgan fingerprint density at radius 2 is 1.64 bits per heavy atom. The van der Waals surface area contributed by atoms with Gasteiger partial charge in [0.2, 0.25) is 0 Å². The van der Waals surface area contributed by atoms with Crippen molar-refractivity contribution in [1.29, 1.82) is 0 Å². The van der Waals surface area contributed by atoms with Gasteiger partial charge in [-0.3, -0.25) is 0 Å². The Labute approximate surface area is 205 Å². The highest BCUT2D eigenvalue weighted by Gasteiger charge is 2.66. The summed E-state index contributed by atoms with van der Waals surface area (Å²) in [6, 6.07) is 0. The zero-order chi connectivity index (χ0) is 23.9. The minimum atomic E-state index is 0.258. The van der Waals surface area contributed by atoms with E-state index in [2.05, 4.69) is 59.9 Å². The molecule has 5 aliphatic rings. The summed E-state index contributed by atoms with van der Waals surface area (Å²) < 4.78 is 5.74. The number of ether oxygens (including phenoxy) is 1. The molecule has 2 heteroatoms. The fraction of sp³-hybridized carbons (Fsp3) is 0.935. The molecule has 0 spiro atoms. The van der Waals surface area contributed by atoms with Gasteiger partial charge in [-0.1, -0.05) is 46.3 Å². The van der Waals surface area contributed by atoms with Gasteiger partial charge in [0.1, 0.15) is 0 Å². The molecule has 0 aromatic rings. The molecular weight excluding hydrogens is 402 g/mol. The molecule has 1 saturated heterocycles. The molecule has 4 fully saturated rings. The first-order valence-corrected chi connectivity index (χ1v) is 14.3. The van der Waals surface area contributed by atoms with Crippen molar-refractivity contribution in [1.82, 2.24) is 5.32 Å². The highest BCUT2D eigenvalue weighted by Crippen LogP contribution is 2.74. The van der Waals surface area contributed by atoms with E-state index in [-0.39, 0.29) is 5.54 Å². The minimum absolute atomic E-state index is 0.258. The molecule has 1 N–H and O–H groups in total. The lowest BCUT2D eigenvalue weighted by Crippen LogP contribution is -2.63. The van der Waals surface area contributed by atoms with E-state index < -0.39 is 0 Å². The summed E-state index contributed by atoms with van der Waals surface area (Å²) in [6.45, 7) is 20.4. The molecule has 188 valence electrons. The lowest BCUT2D eigenvalue weighted by atomic mass is 9.35. The van der Waals surface area contributed by atoms with Crippen LogP contribution in [0.25, 0.3) is 0 Å². The smallest absolute Gasteiger partial charge is 0.0516 e. The van der Waals surface area contributed by atoms with E-state index in [0.717, 1.165) is 24.4 Å². The van der Waals surface area contributed by atoms with Crippen LogP contribution in [0.15, 0.2) is 11.6 Å². The first-order chi connectivity index (χ1) is 15.3. The molecule has 1 aliphatic heterocycles. The van der Waals surface area contributed by atoms with E-state index in [1.54, 1.807) is 0 Å². The lowest BCUT2D eigenvalue weighted by Gasteiger charge is -2.70. The highest BCUT2D eigenvalue weighted by atomic mass is 16.5. The topological polar surface area (TPSA) is 21.3 Å². The first kappa shape index (κ1) is 24.4. The zero-order valence-corrected chi connectivity index (χ0v) is 23.2. The Morgan fingerprint density at radius 3 is 2.36 bits per heavy atom. The lowest BCUT2D eigenvalue weighted by molar-refractivity contribution is -0.157. The molecule has 4 aliphatic carbocycles. The average molecular weight is 456 g/mol. The van der Waals surface area contributed by atoms with Crippen LogP contribution in [-0.4, -0.2) is 25.8 Å². The van der Waals surface area contributed by atoms with Crippen LogP contribution in [0.3, 0.4) is 0 Å². The molecule has 1 heterocycles. The van der Waals surface area contributed by atoms with E-state index in [0.29, 0.717) is 27.1 Å². The molecule has 0 aromatic carbocycles. The van der Waals surface area contributed by atoms with Crippen molar-refractivity contribution < 1.29 is 4.74 Å². The number of fused-ring (bicyclic) bond motifs is 7. The Hall–Kier alpha value is -0.340. The van der Waals surface area contributed by atoms with Gasteiger partial charge in [0.05, 0.1) is 6.61 Å². The first-order valence-electron chi connectivity index (χ1n) is 14.3. The van der Waals surface area contributed by atoms with Crippen molar-refractivity contribution in [2.45, 2.75) is 118 Å². The molecule has 1 unspecified atom stereocenters. The van der Waals surface area contributed by atoms with Crippen LogP contribution >= 0.6 is 0 Å². The molecule has 5 rings (SSSR count). The fourth-order valence-corrected chi connectivity index (χ4v) is 10.8. The molecule has 0 bridgehead atoms. The quantitative estimate of drug-likeness (QED) is 0.429. The number of rotatable bonds is 2. The second kappa shape index (κ2) is 7.58. The number of methoxy groups -OCH3 is 1. The van der Waals surface area contributed by atoms with Crippen molar-refractivity contribution in [2.75, 3.05) is 20.3 Å². The third-order valence-corrected chi connectivity index (χ3v) is 13.0. The van der Waals surface area contributed by atoms with E-state index >= 15 is 0 Å². The standard InChI is InChI=1S/C31H53NO/c1-26(2)24-12-14-31(7)25(29(24,5)13-9-19-32-26)11-10-22-23-20-27(3,21-33-8)15-16-28(23,4)17-18-30(22,31)6/h10,23-25,32H,9,11-21H2,1-8H3/t23?,24-,25+,27-,28+,29-,30+,31+/m0/s1. The zero-order valence-electron chi connectivity index (χ0n) is 23.2. The van der Waals surface area contributed by atoms with Crippen molar-refractivity contribution in [3.05, 3.63) is 11.6 Å². The Balaban J connectivity index is 1.56. The van der Waals surface area contributed by atoms with Gasteiger partial charge in [-0.2, -0.15) is 0 Å². The SMILES string of the molecule is COC[C@@]1(C)CC[C@]2(C)CC[C@]3(C)C(=CC[C@@H]4[C@@]5(C)CCCNC(C)(C)[C@@H]5CC[C@]43C)C2C1. The van der Waals surface area contributed by atoms with Gasteiger partial charge in [0.15, 0.2) is 0 Å². The second-order valence-corrected chi connectivity index (χ2v) is 15.2. The van der Waals surface area contributed by atoms with Gasteiger partial charge in [0, 0.05) is 12.6 Å². The van der Waals surface area contributed by atoms with Gasteiger partial charge in [-0.05, 0) is 129 Å². The minimum Gasteiger partial charge on any atom is -0.384 e. The van der Waals surface area contributed by atoms with E-state index in [4.69, 9.17) is 4.74 Å². The van der Waals surface area contributed by atoms with Crippen LogP contribution in [0.1, 0.15) is 113 Å². The van der Waals surface area contributed by atoms with Crippen molar-refractivity contribution in [2.24, 2.45) is 44.8 Å². The summed E-state index contributed by atoms with van der Waals surface area (Å²) in [4.78, 5) is 0. The van der Waals surface area contributed by atoms with Crippen LogP contribution in [0, 0.1) is 44.8 Å². The number of nitrogens with one attached hydrogen (secondary N) is 1. The van der Waals surface area contributed by atoms with Gasteiger partial charge >= 0.3 is 0 Å². The molecule has 0 radical (unpaired) electrons. The molecule has 33 heavy (non-hydrogen) atoms. The normalized spacial score (nSPS) is 53.6. The Morgan fingerprint density at radius 1 is 0.909 bits per heavy atom. The highest BCUT2D eigenvalue weighted by molar-refractivity contribution is 5.33. The summed E-state index contributed by atoms with van der Waals surface area (Å²) in [5.74, 6) is 2.35. The molecule has 0 aromatic heterocycles. The average Bonchev–Trinajstić information content (AvgIpc) is 2.85. The Kier molecular flexibility index (Phi) is 5.60. The maximum atomic E-state index is 5.74. The second-order valence-electron chi connectivity index (χ2n) is 15.2. The molecule has 0 amide bonds. The summed E-state index contributed by atoms with van der Waals surface area (Å²) in [7, 11) is 1.90. The van der Waals surface area contributed by atoms with Crippen LogP contribution in [0.5, 0.6) is 0 Å². The number of hydrogen-bond acceptors (Lipinski definition) is 2. The fourth-order valence-electron chi connectivity index (χ4n) is 10.8. The molecular formula is C31H53NO. The molecule has 3 saturated carbocycles.